The van der Waals surface area contributed by atoms with Crippen molar-refractivity contribution in [3.05, 3.63) is 23.3 Å². The first-order valence-electron chi connectivity index (χ1n) is 9.07. The fourth-order valence-electron chi connectivity index (χ4n) is 4.34. The third-order valence-electron chi connectivity index (χ3n) is 5.88. The quantitative estimate of drug-likeness (QED) is 0.551. The van der Waals surface area contributed by atoms with Gasteiger partial charge < -0.3 is 29.9 Å². The van der Waals surface area contributed by atoms with Crippen LogP contribution in [0.15, 0.2) is 12.1 Å². The third kappa shape index (κ3) is 3.38. The topological polar surface area (TPSA) is 120 Å². The smallest absolute Gasteiger partial charge is 0.306 e. The molecule has 8 nitrogen and oxygen atoms in total. The fraction of sp³-hybridized carbons (Fsp3) is 0.632. The van der Waals surface area contributed by atoms with Crippen LogP contribution in [0.1, 0.15) is 36.9 Å². The van der Waals surface area contributed by atoms with Gasteiger partial charge in [0.05, 0.1) is 32.2 Å². The van der Waals surface area contributed by atoms with Gasteiger partial charge in [0, 0.05) is 12.6 Å². The summed E-state index contributed by atoms with van der Waals surface area (Å²) in [6.07, 6.45) is -0.206. The number of fused-ring (bicyclic) bond motifs is 3. The number of carbonyl (C=O) groups is 1. The third-order valence-corrected chi connectivity index (χ3v) is 5.88. The van der Waals surface area contributed by atoms with E-state index in [0.717, 1.165) is 11.1 Å². The highest BCUT2D eigenvalue weighted by atomic mass is 16.5. The Balaban J connectivity index is 1.95. The van der Waals surface area contributed by atoms with Crippen molar-refractivity contribution in [2.45, 2.75) is 44.2 Å². The Bertz CT molecular complexity index is 720. The molecule has 1 aromatic carbocycles. The molecule has 0 aliphatic carbocycles. The highest BCUT2D eigenvalue weighted by molar-refractivity contribution is 5.69. The molecular formula is C19H27NO7. The van der Waals surface area contributed by atoms with Crippen molar-refractivity contribution in [3.8, 4) is 11.5 Å². The van der Waals surface area contributed by atoms with Crippen LogP contribution in [0.2, 0.25) is 0 Å². The lowest BCUT2D eigenvalue weighted by molar-refractivity contribution is -0.343. The number of methoxy groups -OCH3 is 2. The van der Waals surface area contributed by atoms with Crippen LogP contribution >= 0.6 is 0 Å². The second-order valence-corrected chi connectivity index (χ2v) is 7.44. The average Bonchev–Trinajstić information content (AvgIpc) is 2.63. The van der Waals surface area contributed by atoms with Crippen LogP contribution in [-0.4, -0.2) is 64.1 Å². The van der Waals surface area contributed by atoms with E-state index in [9.17, 15) is 20.1 Å². The molecule has 2 aliphatic rings. The molecule has 4 atom stereocenters. The first-order chi connectivity index (χ1) is 12.7. The molecule has 1 aromatic rings. The van der Waals surface area contributed by atoms with Gasteiger partial charge in [-0.3, -0.25) is 4.79 Å². The van der Waals surface area contributed by atoms with E-state index in [4.69, 9.17) is 14.6 Å². The number of benzene rings is 1. The van der Waals surface area contributed by atoms with Crippen molar-refractivity contribution in [1.82, 2.24) is 4.90 Å². The Kier molecular flexibility index (Phi) is 5.36. The van der Waals surface area contributed by atoms with Crippen molar-refractivity contribution < 1.29 is 34.7 Å². The van der Waals surface area contributed by atoms with Crippen LogP contribution in [0.5, 0.6) is 11.5 Å². The van der Waals surface area contributed by atoms with E-state index in [0.29, 0.717) is 24.5 Å². The number of aliphatic carboxylic acids is 1. The van der Waals surface area contributed by atoms with E-state index in [-0.39, 0.29) is 12.8 Å². The standard InChI is InChI=1S/C19H27NO7/c1-10(18(22)23)6-13-15(21)9-14-12-8-17(27-3)16(26-2)7-11(12)4-5-20(14)19(13,24)25/h7-8,10,13-15,21,24-25H,4-6,9H2,1-3H3,(H,22,23). The minimum atomic E-state index is -2.29. The SMILES string of the molecule is COc1cc2c(cc1OC)C1CC(O)C(CC(C)C(=O)O)C(O)(O)N1CC2. The number of nitrogens with zero attached hydrogens (tertiary/aromatic N) is 1. The van der Waals surface area contributed by atoms with Gasteiger partial charge >= 0.3 is 5.97 Å². The van der Waals surface area contributed by atoms with Crippen molar-refractivity contribution in [1.29, 1.82) is 0 Å². The Morgan fingerprint density at radius 2 is 1.93 bits per heavy atom. The molecule has 0 radical (unpaired) electrons. The highest BCUT2D eigenvalue weighted by Gasteiger charge is 2.54. The van der Waals surface area contributed by atoms with Crippen molar-refractivity contribution in [3.63, 3.8) is 0 Å². The maximum atomic E-state index is 11.2. The van der Waals surface area contributed by atoms with Gasteiger partial charge in [-0.15, -0.1) is 0 Å². The van der Waals surface area contributed by atoms with Crippen molar-refractivity contribution in [2.24, 2.45) is 11.8 Å². The lowest BCUT2D eigenvalue weighted by Crippen LogP contribution is -2.64. The number of hydrogen-bond donors (Lipinski definition) is 4. The summed E-state index contributed by atoms with van der Waals surface area (Å²) in [7, 11) is 3.09. The zero-order valence-electron chi connectivity index (χ0n) is 15.8. The fourth-order valence-corrected chi connectivity index (χ4v) is 4.34. The molecule has 3 rings (SSSR count). The minimum Gasteiger partial charge on any atom is -0.493 e. The summed E-state index contributed by atoms with van der Waals surface area (Å²) in [6, 6.07) is 3.29. The number of hydrogen-bond acceptors (Lipinski definition) is 7. The first kappa shape index (κ1) is 19.9. The van der Waals surface area contributed by atoms with Crippen LogP contribution in [0, 0.1) is 11.8 Å². The van der Waals surface area contributed by atoms with E-state index < -0.39 is 35.9 Å². The summed E-state index contributed by atoms with van der Waals surface area (Å²) in [4.78, 5) is 12.7. The van der Waals surface area contributed by atoms with Gasteiger partial charge in [0.25, 0.3) is 0 Å². The average molecular weight is 381 g/mol. The second kappa shape index (κ2) is 7.27. The highest BCUT2D eigenvalue weighted by Crippen LogP contribution is 2.48. The molecular weight excluding hydrogens is 354 g/mol. The van der Waals surface area contributed by atoms with Crippen LogP contribution in [0.4, 0.5) is 0 Å². The van der Waals surface area contributed by atoms with Crippen LogP contribution in [0.25, 0.3) is 0 Å². The van der Waals surface area contributed by atoms with E-state index in [1.165, 1.54) is 14.0 Å². The zero-order chi connectivity index (χ0) is 19.9. The number of rotatable bonds is 5. The first-order valence-corrected chi connectivity index (χ1v) is 9.07. The number of ether oxygens (including phenoxy) is 2. The van der Waals surface area contributed by atoms with Gasteiger partial charge in [0.2, 0.25) is 5.91 Å². The molecule has 0 aromatic heterocycles. The normalized spacial score (nSPS) is 28.0. The second-order valence-electron chi connectivity index (χ2n) is 7.44. The van der Waals surface area contributed by atoms with Crippen LogP contribution < -0.4 is 9.47 Å². The van der Waals surface area contributed by atoms with Gasteiger partial charge in [0.1, 0.15) is 0 Å². The lowest BCUT2D eigenvalue weighted by atomic mass is 9.76. The largest absolute Gasteiger partial charge is 0.493 e. The molecule has 1 saturated heterocycles. The van der Waals surface area contributed by atoms with E-state index in [1.807, 2.05) is 12.1 Å². The molecule has 0 spiro atoms. The van der Waals surface area contributed by atoms with E-state index in [2.05, 4.69) is 0 Å². The molecule has 2 aliphatic heterocycles. The molecule has 4 unspecified atom stereocenters. The molecule has 1 fully saturated rings. The summed E-state index contributed by atoms with van der Waals surface area (Å²) in [5.41, 5.74) is 1.87. The predicted molar refractivity (Wildman–Crippen MR) is 95.4 cm³/mol. The number of carboxylic acids is 1. The lowest BCUT2D eigenvalue weighted by Gasteiger charge is -2.53. The van der Waals surface area contributed by atoms with Gasteiger partial charge in [-0.25, -0.2) is 4.90 Å². The number of piperidine rings is 1. The molecule has 0 saturated carbocycles. The molecule has 0 amide bonds. The van der Waals surface area contributed by atoms with Crippen molar-refractivity contribution >= 4 is 5.97 Å². The maximum absolute atomic E-state index is 11.2. The van der Waals surface area contributed by atoms with Gasteiger partial charge in [-0.1, -0.05) is 6.92 Å². The minimum absolute atomic E-state index is 0.0223. The Morgan fingerprint density at radius 1 is 1.30 bits per heavy atom. The summed E-state index contributed by atoms with van der Waals surface area (Å²) >= 11 is 0. The Morgan fingerprint density at radius 3 is 2.52 bits per heavy atom. The van der Waals surface area contributed by atoms with Gasteiger partial charge in [0.15, 0.2) is 11.5 Å². The summed E-state index contributed by atoms with van der Waals surface area (Å²) in [5.74, 6) is -3.94. The van der Waals surface area contributed by atoms with Crippen LogP contribution in [-0.2, 0) is 11.2 Å². The molecule has 2 heterocycles. The van der Waals surface area contributed by atoms with E-state index in [1.54, 1.807) is 12.0 Å². The summed E-state index contributed by atoms with van der Waals surface area (Å²) in [5, 5.41) is 41.5. The zero-order valence-corrected chi connectivity index (χ0v) is 15.8. The van der Waals surface area contributed by atoms with Gasteiger partial charge in [-0.2, -0.15) is 0 Å². The molecule has 0 bridgehead atoms. The summed E-state index contributed by atoms with van der Waals surface area (Å²) in [6.45, 7) is 1.88. The Labute approximate surface area is 157 Å². The molecule has 150 valence electrons. The molecule has 27 heavy (non-hydrogen) atoms. The molecule has 8 heteroatoms. The summed E-state index contributed by atoms with van der Waals surface area (Å²) < 4.78 is 10.7. The molecule has 4 N–H and O–H groups in total. The van der Waals surface area contributed by atoms with E-state index >= 15 is 0 Å². The van der Waals surface area contributed by atoms with Crippen LogP contribution in [0.3, 0.4) is 0 Å². The Hall–Kier alpha value is -1.87. The number of aliphatic hydroxyl groups excluding tert-OH is 1. The van der Waals surface area contributed by atoms with Gasteiger partial charge in [-0.05, 0) is 42.5 Å². The number of carboxylic acid groups (broad SMARTS) is 1. The maximum Gasteiger partial charge on any atom is 0.306 e. The van der Waals surface area contributed by atoms with Crippen molar-refractivity contribution in [2.75, 3.05) is 20.8 Å². The predicted octanol–water partition coefficient (Wildman–Crippen LogP) is 0.733. The monoisotopic (exact) mass is 381 g/mol. The number of aliphatic hydroxyl groups is 3.